The third kappa shape index (κ3) is 4.65. The summed E-state index contributed by atoms with van der Waals surface area (Å²) in [6.45, 7) is 8.48. The summed E-state index contributed by atoms with van der Waals surface area (Å²) in [6, 6.07) is 0. The van der Waals surface area contributed by atoms with Crippen molar-refractivity contribution in [3.8, 4) is 0 Å². The highest BCUT2D eigenvalue weighted by Crippen LogP contribution is 2.47. The molecule has 0 N–H and O–H groups in total. The van der Waals surface area contributed by atoms with E-state index < -0.39 is 9.28 Å². The van der Waals surface area contributed by atoms with Gasteiger partial charge >= 0.3 is 9.28 Å². The van der Waals surface area contributed by atoms with Crippen LogP contribution in [0.1, 0.15) is 59.8 Å². The fourth-order valence-corrected chi connectivity index (χ4v) is 6.49. The SMILES string of the molecule is CC(C)O[SiH](OC(C)C)C1(CBr)CCCCC1. The number of alkyl halides is 1. The molecule has 0 unspecified atom stereocenters. The van der Waals surface area contributed by atoms with Crippen LogP contribution in [0, 0.1) is 0 Å². The Kier molecular flexibility index (Phi) is 6.70. The molecule has 0 spiro atoms. The highest BCUT2D eigenvalue weighted by molar-refractivity contribution is 9.09. The fraction of sp³-hybridized carbons (Fsp3) is 1.00. The van der Waals surface area contributed by atoms with E-state index in [4.69, 9.17) is 8.85 Å². The van der Waals surface area contributed by atoms with Gasteiger partial charge in [-0.15, -0.1) is 0 Å². The Bertz CT molecular complexity index is 205. The van der Waals surface area contributed by atoms with E-state index in [1.807, 2.05) is 0 Å². The number of rotatable bonds is 6. The number of halogens is 1. The second kappa shape index (κ2) is 7.27. The maximum absolute atomic E-state index is 6.18. The van der Waals surface area contributed by atoms with E-state index in [2.05, 4.69) is 43.6 Å². The summed E-state index contributed by atoms with van der Waals surface area (Å²) in [4.78, 5) is 0. The van der Waals surface area contributed by atoms with Gasteiger partial charge in [-0.05, 0) is 40.5 Å². The molecule has 0 aliphatic heterocycles. The lowest BCUT2D eigenvalue weighted by Gasteiger charge is -2.41. The van der Waals surface area contributed by atoms with Crippen molar-refractivity contribution in [3.63, 3.8) is 0 Å². The van der Waals surface area contributed by atoms with Crippen molar-refractivity contribution in [1.82, 2.24) is 0 Å². The van der Waals surface area contributed by atoms with Crippen molar-refractivity contribution in [1.29, 1.82) is 0 Å². The molecular formula is C13H27BrO2Si. The standard InChI is InChI=1S/C13H27BrO2Si/c1-11(2)15-17(16-12(3)4)13(10-14)8-6-5-7-9-13/h11-12,17H,5-10H2,1-4H3. The zero-order valence-electron chi connectivity index (χ0n) is 11.7. The molecule has 2 nitrogen and oxygen atoms in total. The van der Waals surface area contributed by atoms with E-state index in [1.54, 1.807) is 0 Å². The highest BCUT2D eigenvalue weighted by Gasteiger charge is 2.44. The second-order valence-corrected chi connectivity index (χ2v) is 8.75. The van der Waals surface area contributed by atoms with Crippen molar-refractivity contribution >= 4 is 25.2 Å². The Morgan fingerprint density at radius 3 is 1.82 bits per heavy atom. The molecule has 0 amide bonds. The van der Waals surface area contributed by atoms with E-state index >= 15 is 0 Å². The van der Waals surface area contributed by atoms with Crippen LogP contribution in [0.15, 0.2) is 0 Å². The van der Waals surface area contributed by atoms with E-state index in [-0.39, 0.29) is 12.2 Å². The largest absolute Gasteiger partial charge is 0.394 e. The molecule has 1 rings (SSSR count). The van der Waals surface area contributed by atoms with Gasteiger partial charge in [0.15, 0.2) is 0 Å². The zero-order chi connectivity index (χ0) is 12.9. The Hall–Kier alpha value is 0.617. The van der Waals surface area contributed by atoms with Gasteiger partial charge in [0, 0.05) is 22.6 Å². The van der Waals surface area contributed by atoms with Crippen LogP contribution in [0.2, 0.25) is 5.04 Å². The summed E-state index contributed by atoms with van der Waals surface area (Å²) in [6.07, 6.45) is 7.14. The smallest absolute Gasteiger partial charge is 0.329 e. The van der Waals surface area contributed by atoms with Crippen LogP contribution < -0.4 is 0 Å². The van der Waals surface area contributed by atoms with Crippen LogP contribution in [-0.2, 0) is 8.85 Å². The zero-order valence-corrected chi connectivity index (χ0v) is 14.4. The lowest BCUT2D eigenvalue weighted by atomic mass is 9.90. The van der Waals surface area contributed by atoms with Gasteiger partial charge in [-0.3, -0.25) is 0 Å². The van der Waals surface area contributed by atoms with Gasteiger partial charge in [-0.1, -0.05) is 35.2 Å². The maximum Gasteiger partial charge on any atom is 0.329 e. The van der Waals surface area contributed by atoms with E-state index in [9.17, 15) is 0 Å². The molecule has 0 saturated heterocycles. The lowest BCUT2D eigenvalue weighted by Crippen LogP contribution is -2.44. The maximum atomic E-state index is 6.18. The first-order chi connectivity index (χ1) is 8.00. The van der Waals surface area contributed by atoms with Gasteiger partial charge in [0.25, 0.3) is 0 Å². The van der Waals surface area contributed by atoms with Gasteiger partial charge in [0.2, 0.25) is 0 Å². The summed E-state index contributed by atoms with van der Waals surface area (Å²) in [5.74, 6) is 0. The molecule has 1 fully saturated rings. The minimum atomic E-state index is -1.61. The van der Waals surface area contributed by atoms with Crippen LogP contribution in [0.4, 0.5) is 0 Å². The molecule has 0 aromatic carbocycles. The van der Waals surface area contributed by atoms with E-state index in [0.29, 0.717) is 5.04 Å². The van der Waals surface area contributed by atoms with Crippen LogP contribution in [-0.4, -0.2) is 26.8 Å². The Morgan fingerprint density at radius 1 is 1.00 bits per heavy atom. The minimum absolute atomic E-state index is 0.281. The van der Waals surface area contributed by atoms with Crippen LogP contribution in [0.25, 0.3) is 0 Å². The number of hydrogen-bond acceptors (Lipinski definition) is 2. The van der Waals surface area contributed by atoms with Crippen molar-refractivity contribution in [2.45, 2.75) is 77.0 Å². The molecule has 0 bridgehead atoms. The molecule has 0 aromatic heterocycles. The monoisotopic (exact) mass is 322 g/mol. The average Bonchev–Trinajstić information content (AvgIpc) is 2.28. The molecule has 1 aliphatic carbocycles. The molecular weight excluding hydrogens is 296 g/mol. The molecule has 4 heteroatoms. The molecule has 17 heavy (non-hydrogen) atoms. The first kappa shape index (κ1) is 15.7. The summed E-state index contributed by atoms with van der Waals surface area (Å²) < 4.78 is 12.4. The summed E-state index contributed by atoms with van der Waals surface area (Å²) >= 11 is 3.72. The highest BCUT2D eigenvalue weighted by atomic mass is 79.9. The quantitative estimate of drug-likeness (QED) is 0.540. The Labute approximate surface area is 116 Å². The molecule has 1 aliphatic rings. The van der Waals surface area contributed by atoms with Gasteiger partial charge < -0.3 is 8.85 Å². The van der Waals surface area contributed by atoms with Crippen molar-refractivity contribution in [3.05, 3.63) is 0 Å². The summed E-state index contributed by atoms with van der Waals surface area (Å²) in [7, 11) is -1.61. The van der Waals surface area contributed by atoms with Crippen molar-refractivity contribution < 1.29 is 8.85 Å². The first-order valence-electron chi connectivity index (χ1n) is 6.87. The molecule has 102 valence electrons. The Balaban J connectivity index is 2.75. The molecule has 0 radical (unpaired) electrons. The second-order valence-electron chi connectivity index (χ2n) is 5.76. The summed E-state index contributed by atoms with van der Waals surface area (Å²) in [5, 5.41) is 1.35. The van der Waals surface area contributed by atoms with E-state index in [0.717, 1.165) is 5.33 Å². The minimum Gasteiger partial charge on any atom is -0.394 e. The molecule has 0 atom stereocenters. The normalized spacial score (nSPS) is 20.5. The lowest BCUT2D eigenvalue weighted by molar-refractivity contribution is 0.104. The van der Waals surface area contributed by atoms with Gasteiger partial charge in [0.05, 0.1) is 0 Å². The third-order valence-electron chi connectivity index (χ3n) is 3.41. The Morgan fingerprint density at radius 2 is 1.47 bits per heavy atom. The molecule has 0 aromatic rings. The first-order valence-corrected chi connectivity index (χ1v) is 9.51. The third-order valence-corrected chi connectivity index (χ3v) is 8.49. The van der Waals surface area contributed by atoms with Crippen molar-refractivity contribution in [2.24, 2.45) is 0 Å². The predicted molar refractivity (Wildman–Crippen MR) is 79.2 cm³/mol. The van der Waals surface area contributed by atoms with Crippen LogP contribution in [0.5, 0.6) is 0 Å². The van der Waals surface area contributed by atoms with Crippen molar-refractivity contribution in [2.75, 3.05) is 5.33 Å². The van der Waals surface area contributed by atoms with Gasteiger partial charge in [-0.2, -0.15) is 0 Å². The molecule has 1 saturated carbocycles. The van der Waals surface area contributed by atoms with E-state index in [1.165, 1.54) is 32.1 Å². The molecule has 0 heterocycles. The predicted octanol–water partition coefficient (Wildman–Crippen LogP) is 4.16. The average molecular weight is 323 g/mol. The number of hydrogen-bond donors (Lipinski definition) is 0. The van der Waals surface area contributed by atoms with Gasteiger partial charge in [0.1, 0.15) is 0 Å². The summed E-state index contributed by atoms with van der Waals surface area (Å²) in [5.41, 5.74) is 0. The van der Waals surface area contributed by atoms with Gasteiger partial charge in [-0.25, -0.2) is 0 Å². The van der Waals surface area contributed by atoms with Crippen LogP contribution in [0.3, 0.4) is 0 Å². The topological polar surface area (TPSA) is 18.5 Å². The van der Waals surface area contributed by atoms with Crippen LogP contribution >= 0.6 is 15.9 Å². The fourth-order valence-electron chi connectivity index (χ4n) is 2.50.